The average molecular weight is 402 g/mol. The molecule has 0 aliphatic rings. The fourth-order valence-corrected chi connectivity index (χ4v) is 3.85. The van der Waals surface area contributed by atoms with Crippen molar-refractivity contribution in [3.05, 3.63) is 96.2 Å². The van der Waals surface area contributed by atoms with E-state index in [-0.39, 0.29) is 18.2 Å². The molecule has 0 amide bonds. The summed E-state index contributed by atoms with van der Waals surface area (Å²) in [5, 5.41) is 0. The van der Waals surface area contributed by atoms with Crippen LogP contribution in [-0.2, 0) is 6.54 Å². The lowest BCUT2D eigenvalue weighted by Crippen LogP contribution is -2.00. The maximum absolute atomic E-state index is 12.7. The molecule has 5 rings (SSSR count). The van der Waals surface area contributed by atoms with E-state index in [1.807, 2.05) is 71.1 Å². The Labute approximate surface area is 174 Å². The number of halogens is 1. The third-order valence-corrected chi connectivity index (χ3v) is 5.08. The first-order valence-electron chi connectivity index (χ1n) is 9.34. The van der Waals surface area contributed by atoms with E-state index in [9.17, 15) is 4.79 Å². The first kappa shape index (κ1) is 19.0. The van der Waals surface area contributed by atoms with Crippen LogP contribution in [-0.4, -0.2) is 19.7 Å². The van der Waals surface area contributed by atoms with Gasteiger partial charge < -0.3 is 4.57 Å². The molecule has 3 aromatic carbocycles. The molecular weight excluding hydrogens is 382 g/mol. The average Bonchev–Trinajstić information content (AvgIpc) is 3.26. The number of nitrogens with zero attached hydrogens (tertiary/aromatic N) is 3. The summed E-state index contributed by atoms with van der Waals surface area (Å²) in [6.45, 7) is 2.31. The van der Waals surface area contributed by atoms with Crippen molar-refractivity contribution in [1.29, 1.82) is 0 Å². The third-order valence-electron chi connectivity index (χ3n) is 5.08. The number of hydrogen-bond acceptors (Lipinski definition) is 2. The van der Waals surface area contributed by atoms with Crippen LogP contribution in [0.5, 0.6) is 0 Å². The number of imidazole rings is 2. The van der Waals surface area contributed by atoms with Gasteiger partial charge in [-0.3, -0.25) is 9.20 Å². The molecule has 0 aliphatic carbocycles. The molecule has 0 spiro atoms. The van der Waals surface area contributed by atoms with Crippen LogP contribution in [0.3, 0.4) is 0 Å². The van der Waals surface area contributed by atoms with E-state index in [1.165, 1.54) is 5.56 Å². The van der Waals surface area contributed by atoms with E-state index < -0.39 is 0 Å². The normalized spacial score (nSPS) is 10.9. The van der Waals surface area contributed by atoms with Gasteiger partial charge in [0.25, 0.3) is 0 Å². The Morgan fingerprint density at radius 2 is 1.41 bits per heavy atom. The Kier molecular flexibility index (Phi) is 4.95. The second-order valence-electron chi connectivity index (χ2n) is 6.93. The number of carbonyl (C=O) groups excluding carboxylic acids is 1. The Morgan fingerprint density at radius 1 is 0.828 bits per heavy atom. The minimum atomic E-state index is 0. The fraction of sp³-hybridized carbons (Fsp3) is 0.0833. The van der Waals surface area contributed by atoms with E-state index in [0.717, 1.165) is 28.1 Å². The number of aromatic nitrogens is 3. The van der Waals surface area contributed by atoms with Crippen LogP contribution < -0.4 is 0 Å². The summed E-state index contributed by atoms with van der Waals surface area (Å²) in [4.78, 5) is 17.6. The highest BCUT2D eigenvalue weighted by atomic mass is 35.5. The Hall–Kier alpha value is -3.37. The van der Waals surface area contributed by atoms with Gasteiger partial charge in [0.15, 0.2) is 5.78 Å². The van der Waals surface area contributed by atoms with Crippen molar-refractivity contribution in [2.45, 2.75) is 13.5 Å². The number of rotatable bonds is 4. The van der Waals surface area contributed by atoms with Crippen molar-refractivity contribution in [1.82, 2.24) is 14.0 Å². The van der Waals surface area contributed by atoms with Gasteiger partial charge in [0.05, 0.1) is 17.6 Å². The van der Waals surface area contributed by atoms with Gasteiger partial charge in [-0.15, -0.1) is 12.4 Å². The van der Waals surface area contributed by atoms with Crippen LogP contribution in [0.1, 0.15) is 23.0 Å². The Bertz CT molecular complexity index is 1300. The SMILES string of the molecule is CC(=O)c1c(-c2ccccc2)nc2n(Cc3ccccc3)c3ccccc3n12.Cl. The maximum atomic E-state index is 12.7. The number of benzene rings is 3. The highest BCUT2D eigenvalue weighted by Gasteiger charge is 2.23. The lowest BCUT2D eigenvalue weighted by Gasteiger charge is -2.05. The van der Waals surface area contributed by atoms with Gasteiger partial charge in [-0.1, -0.05) is 72.8 Å². The summed E-state index contributed by atoms with van der Waals surface area (Å²) in [6, 6.07) is 28.4. The molecule has 0 fully saturated rings. The number of para-hydroxylation sites is 2. The zero-order valence-corrected chi connectivity index (χ0v) is 16.8. The molecule has 0 aliphatic heterocycles. The highest BCUT2D eigenvalue weighted by molar-refractivity contribution is 6.01. The molecular formula is C24H20ClN3O. The number of carbonyl (C=O) groups is 1. The molecule has 29 heavy (non-hydrogen) atoms. The monoisotopic (exact) mass is 401 g/mol. The molecule has 5 aromatic rings. The molecule has 144 valence electrons. The number of fused-ring (bicyclic) bond motifs is 3. The van der Waals surface area contributed by atoms with Gasteiger partial charge in [0.2, 0.25) is 5.78 Å². The van der Waals surface area contributed by atoms with Crippen LogP contribution in [0, 0.1) is 0 Å². The third kappa shape index (κ3) is 3.12. The summed E-state index contributed by atoms with van der Waals surface area (Å²) in [5.74, 6) is 0.795. The molecule has 0 bridgehead atoms. The molecule has 2 heterocycles. The van der Waals surface area contributed by atoms with Crippen molar-refractivity contribution in [3.8, 4) is 11.3 Å². The quantitative estimate of drug-likeness (QED) is 0.366. The zero-order chi connectivity index (χ0) is 19.1. The molecule has 0 atom stereocenters. The van der Waals surface area contributed by atoms with E-state index in [0.29, 0.717) is 12.2 Å². The number of hydrogen-bond donors (Lipinski definition) is 0. The second kappa shape index (κ2) is 7.57. The lowest BCUT2D eigenvalue weighted by atomic mass is 10.1. The van der Waals surface area contributed by atoms with Gasteiger partial charge in [-0.05, 0) is 17.7 Å². The Morgan fingerprint density at radius 3 is 2.07 bits per heavy atom. The van der Waals surface area contributed by atoms with Crippen molar-refractivity contribution in [2.75, 3.05) is 0 Å². The van der Waals surface area contributed by atoms with Gasteiger partial charge in [0.1, 0.15) is 11.4 Å². The molecule has 5 heteroatoms. The number of ketones is 1. The topological polar surface area (TPSA) is 39.3 Å². The summed E-state index contributed by atoms with van der Waals surface area (Å²) >= 11 is 0. The van der Waals surface area contributed by atoms with E-state index in [2.05, 4.69) is 22.8 Å². The molecule has 0 saturated carbocycles. The zero-order valence-electron chi connectivity index (χ0n) is 15.9. The van der Waals surface area contributed by atoms with Gasteiger partial charge in [-0.2, -0.15) is 0 Å². The van der Waals surface area contributed by atoms with E-state index in [1.54, 1.807) is 6.92 Å². The second-order valence-corrected chi connectivity index (χ2v) is 6.93. The van der Waals surface area contributed by atoms with Gasteiger partial charge in [-0.25, -0.2) is 4.98 Å². The molecule has 2 aromatic heterocycles. The van der Waals surface area contributed by atoms with Crippen LogP contribution in [0.25, 0.3) is 28.1 Å². The van der Waals surface area contributed by atoms with Crippen LogP contribution in [0.4, 0.5) is 0 Å². The number of Topliss-reactive ketones (excluding diaryl/α,β-unsaturated/α-hetero) is 1. The molecule has 4 nitrogen and oxygen atoms in total. The largest absolute Gasteiger partial charge is 0.305 e. The molecule has 0 radical (unpaired) electrons. The predicted molar refractivity (Wildman–Crippen MR) is 119 cm³/mol. The van der Waals surface area contributed by atoms with Crippen LogP contribution in [0.2, 0.25) is 0 Å². The van der Waals surface area contributed by atoms with E-state index >= 15 is 0 Å². The van der Waals surface area contributed by atoms with Crippen LogP contribution >= 0.6 is 12.4 Å². The summed E-state index contributed by atoms with van der Waals surface area (Å²) in [5.41, 5.74) is 5.57. The van der Waals surface area contributed by atoms with Crippen molar-refractivity contribution in [3.63, 3.8) is 0 Å². The molecule has 0 saturated heterocycles. The van der Waals surface area contributed by atoms with Crippen LogP contribution in [0.15, 0.2) is 84.9 Å². The summed E-state index contributed by atoms with van der Waals surface area (Å²) in [6.07, 6.45) is 0. The van der Waals surface area contributed by atoms with Gasteiger partial charge in [0, 0.05) is 12.5 Å². The smallest absolute Gasteiger partial charge is 0.216 e. The maximum Gasteiger partial charge on any atom is 0.216 e. The van der Waals surface area contributed by atoms with Crippen molar-refractivity contribution < 1.29 is 4.79 Å². The fourth-order valence-electron chi connectivity index (χ4n) is 3.85. The predicted octanol–water partition coefficient (Wildman–Crippen LogP) is 5.63. The first-order valence-corrected chi connectivity index (χ1v) is 9.34. The summed E-state index contributed by atoms with van der Waals surface area (Å²) < 4.78 is 4.19. The molecule has 0 unspecified atom stereocenters. The highest BCUT2D eigenvalue weighted by Crippen LogP contribution is 2.30. The lowest BCUT2D eigenvalue weighted by molar-refractivity contribution is 0.101. The van der Waals surface area contributed by atoms with Gasteiger partial charge >= 0.3 is 0 Å². The molecule has 0 N–H and O–H groups in total. The summed E-state index contributed by atoms with van der Waals surface area (Å²) in [7, 11) is 0. The minimum Gasteiger partial charge on any atom is -0.305 e. The van der Waals surface area contributed by atoms with Crippen molar-refractivity contribution in [2.24, 2.45) is 0 Å². The van der Waals surface area contributed by atoms with E-state index in [4.69, 9.17) is 4.98 Å². The first-order chi connectivity index (χ1) is 13.7. The standard InChI is InChI=1S/C24H19N3O.ClH/c1-17(28)23-22(19-12-6-3-7-13-19)25-24-26(16-18-10-4-2-5-11-18)20-14-8-9-15-21(20)27(23)24;/h2-15H,16H2,1H3;1H. The minimum absolute atomic E-state index is 0. The van der Waals surface area contributed by atoms with Crippen molar-refractivity contribution >= 4 is 35.0 Å². The Balaban J connectivity index is 0.00000205.